The molecule has 1 aromatic carbocycles. The van der Waals surface area contributed by atoms with Gasteiger partial charge in [-0.25, -0.2) is 0 Å². The number of rotatable bonds is 10. The van der Waals surface area contributed by atoms with Crippen molar-refractivity contribution >= 4 is 5.69 Å². The highest BCUT2D eigenvalue weighted by Gasteiger charge is 2.14. The molecule has 2 rings (SSSR count). The van der Waals surface area contributed by atoms with Crippen molar-refractivity contribution in [2.24, 2.45) is 0 Å². The number of hydrogen-bond donors (Lipinski definition) is 2. The predicted molar refractivity (Wildman–Crippen MR) is 87.2 cm³/mol. The van der Waals surface area contributed by atoms with Gasteiger partial charge in [-0.1, -0.05) is 25.5 Å². The third-order valence-electron chi connectivity index (χ3n) is 3.66. The lowest BCUT2D eigenvalue weighted by Crippen LogP contribution is -2.30. The first-order valence-electron chi connectivity index (χ1n) is 8.18. The number of nitrogens with one attached hydrogen (secondary N) is 2. The summed E-state index contributed by atoms with van der Waals surface area (Å²) >= 11 is 0. The van der Waals surface area contributed by atoms with Gasteiger partial charge in [-0.2, -0.15) is 0 Å². The van der Waals surface area contributed by atoms with Crippen LogP contribution in [0.4, 0.5) is 5.69 Å². The summed E-state index contributed by atoms with van der Waals surface area (Å²) in [4.78, 5) is 0. The molecule has 1 unspecified atom stereocenters. The van der Waals surface area contributed by atoms with Crippen molar-refractivity contribution in [3.63, 3.8) is 0 Å². The smallest absolute Gasteiger partial charge is 0.142 e. The minimum Gasteiger partial charge on any atom is -0.491 e. The number of ether oxygens (including phenoxy) is 2. The molecular weight excluding hydrogens is 264 g/mol. The van der Waals surface area contributed by atoms with E-state index in [4.69, 9.17) is 9.47 Å². The maximum atomic E-state index is 5.81. The molecule has 0 amide bonds. The van der Waals surface area contributed by atoms with Crippen LogP contribution in [0.2, 0.25) is 0 Å². The summed E-state index contributed by atoms with van der Waals surface area (Å²) in [5.74, 6) is 0.949. The van der Waals surface area contributed by atoms with E-state index in [1.54, 1.807) is 0 Å². The van der Waals surface area contributed by atoms with Gasteiger partial charge in [-0.15, -0.1) is 0 Å². The van der Waals surface area contributed by atoms with E-state index in [9.17, 15) is 0 Å². The molecule has 0 bridgehead atoms. The van der Waals surface area contributed by atoms with E-state index in [0.717, 1.165) is 57.1 Å². The van der Waals surface area contributed by atoms with E-state index in [1.807, 2.05) is 18.2 Å². The summed E-state index contributed by atoms with van der Waals surface area (Å²) in [6.45, 7) is 6.66. The summed E-state index contributed by atoms with van der Waals surface area (Å²) in [7, 11) is 0. The van der Waals surface area contributed by atoms with Crippen molar-refractivity contribution in [1.82, 2.24) is 5.32 Å². The number of para-hydroxylation sites is 2. The van der Waals surface area contributed by atoms with Crippen molar-refractivity contribution in [1.29, 1.82) is 0 Å². The SMILES string of the molecule is CCCCOc1ccccc1NCCNCC1CCCO1. The average Bonchev–Trinajstić information content (AvgIpc) is 3.02. The lowest BCUT2D eigenvalue weighted by atomic mass is 10.2. The van der Waals surface area contributed by atoms with Crippen molar-refractivity contribution in [2.75, 3.05) is 38.2 Å². The third kappa shape index (κ3) is 5.94. The lowest BCUT2D eigenvalue weighted by molar-refractivity contribution is 0.110. The molecule has 1 aliphatic rings. The number of unbranched alkanes of at least 4 members (excludes halogenated alkanes) is 1. The fraction of sp³-hybridized carbons (Fsp3) is 0.647. The second kappa shape index (κ2) is 9.64. The minimum absolute atomic E-state index is 0.412. The van der Waals surface area contributed by atoms with Gasteiger partial charge in [0.05, 0.1) is 18.4 Å². The van der Waals surface area contributed by atoms with Gasteiger partial charge >= 0.3 is 0 Å². The molecule has 1 aromatic rings. The van der Waals surface area contributed by atoms with Gasteiger partial charge in [0.25, 0.3) is 0 Å². The van der Waals surface area contributed by atoms with Gasteiger partial charge < -0.3 is 20.1 Å². The highest BCUT2D eigenvalue weighted by atomic mass is 16.5. The molecule has 118 valence electrons. The van der Waals surface area contributed by atoms with Crippen LogP contribution in [0.5, 0.6) is 5.75 Å². The molecule has 21 heavy (non-hydrogen) atoms. The van der Waals surface area contributed by atoms with Crippen molar-refractivity contribution in [3.05, 3.63) is 24.3 Å². The highest BCUT2D eigenvalue weighted by Crippen LogP contribution is 2.23. The molecular formula is C17H28N2O2. The zero-order chi connectivity index (χ0) is 14.8. The van der Waals surface area contributed by atoms with Crippen molar-refractivity contribution in [2.45, 2.75) is 38.7 Å². The van der Waals surface area contributed by atoms with Gasteiger partial charge in [0.15, 0.2) is 0 Å². The van der Waals surface area contributed by atoms with Crippen LogP contribution in [0.15, 0.2) is 24.3 Å². The molecule has 4 nitrogen and oxygen atoms in total. The minimum atomic E-state index is 0.412. The Morgan fingerprint density at radius 2 is 2.19 bits per heavy atom. The molecule has 1 atom stereocenters. The van der Waals surface area contributed by atoms with Crippen molar-refractivity contribution < 1.29 is 9.47 Å². The van der Waals surface area contributed by atoms with E-state index < -0.39 is 0 Å². The Morgan fingerprint density at radius 3 is 3.00 bits per heavy atom. The fourth-order valence-corrected chi connectivity index (χ4v) is 2.42. The molecule has 1 heterocycles. The Hall–Kier alpha value is -1.26. The molecule has 1 saturated heterocycles. The van der Waals surface area contributed by atoms with E-state index in [1.165, 1.54) is 12.8 Å². The summed E-state index contributed by atoms with van der Waals surface area (Å²) < 4.78 is 11.4. The van der Waals surface area contributed by atoms with Crippen LogP contribution in [-0.2, 0) is 4.74 Å². The first-order chi connectivity index (χ1) is 10.4. The molecule has 4 heteroatoms. The monoisotopic (exact) mass is 292 g/mol. The summed E-state index contributed by atoms with van der Waals surface area (Å²) in [6, 6.07) is 8.15. The Kier molecular flexibility index (Phi) is 7.39. The maximum absolute atomic E-state index is 5.81. The fourth-order valence-electron chi connectivity index (χ4n) is 2.42. The van der Waals surface area contributed by atoms with Crippen molar-refractivity contribution in [3.8, 4) is 5.75 Å². The van der Waals surface area contributed by atoms with Gasteiger partial charge in [0.2, 0.25) is 0 Å². The second-order valence-corrected chi connectivity index (χ2v) is 5.46. The van der Waals surface area contributed by atoms with Crippen LogP contribution in [0, 0.1) is 0 Å². The highest BCUT2D eigenvalue weighted by molar-refractivity contribution is 5.56. The second-order valence-electron chi connectivity index (χ2n) is 5.46. The lowest BCUT2D eigenvalue weighted by Gasteiger charge is -2.14. The van der Waals surface area contributed by atoms with Crippen LogP contribution in [0.25, 0.3) is 0 Å². The maximum Gasteiger partial charge on any atom is 0.142 e. The molecule has 2 N–H and O–H groups in total. The van der Waals surface area contributed by atoms with Gasteiger partial charge in [0.1, 0.15) is 5.75 Å². The van der Waals surface area contributed by atoms with Crippen LogP contribution in [0.1, 0.15) is 32.6 Å². The van der Waals surface area contributed by atoms with E-state index in [2.05, 4.69) is 23.6 Å². The number of hydrogen-bond acceptors (Lipinski definition) is 4. The van der Waals surface area contributed by atoms with Crippen LogP contribution < -0.4 is 15.4 Å². The number of benzene rings is 1. The Labute approximate surface area is 128 Å². The van der Waals surface area contributed by atoms with Crippen LogP contribution >= 0.6 is 0 Å². The molecule has 1 fully saturated rings. The topological polar surface area (TPSA) is 42.5 Å². The number of anilines is 1. The molecule has 0 aliphatic carbocycles. The quantitative estimate of drug-likeness (QED) is 0.651. The first-order valence-corrected chi connectivity index (χ1v) is 8.18. The Bertz CT molecular complexity index is 392. The van der Waals surface area contributed by atoms with Gasteiger partial charge in [-0.3, -0.25) is 0 Å². The molecule has 1 aliphatic heterocycles. The van der Waals surface area contributed by atoms with Crippen LogP contribution in [-0.4, -0.2) is 39.0 Å². The van der Waals surface area contributed by atoms with Gasteiger partial charge in [0, 0.05) is 26.2 Å². The average molecular weight is 292 g/mol. The standard InChI is InChI=1S/C17H28N2O2/c1-2-3-12-21-17-9-5-4-8-16(17)19-11-10-18-14-15-7-6-13-20-15/h4-5,8-9,15,18-19H,2-3,6-7,10-14H2,1H3. The summed E-state index contributed by atoms with van der Waals surface area (Å²) in [5, 5.41) is 6.88. The van der Waals surface area contributed by atoms with E-state index >= 15 is 0 Å². The molecule has 0 saturated carbocycles. The van der Waals surface area contributed by atoms with E-state index in [0.29, 0.717) is 6.10 Å². The molecule has 0 spiro atoms. The Balaban J connectivity index is 1.64. The predicted octanol–water partition coefficient (Wildman–Crippen LogP) is 3.05. The largest absolute Gasteiger partial charge is 0.491 e. The zero-order valence-corrected chi connectivity index (χ0v) is 13.1. The zero-order valence-electron chi connectivity index (χ0n) is 13.1. The molecule has 0 radical (unpaired) electrons. The first kappa shape index (κ1) is 16.1. The normalized spacial score (nSPS) is 17.9. The van der Waals surface area contributed by atoms with E-state index in [-0.39, 0.29) is 0 Å². The summed E-state index contributed by atoms with van der Waals surface area (Å²) in [6.07, 6.45) is 5.05. The van der Waals surface area contributed by atoms with Gasteiger partial charge in [-0.05, 0) is 31.4 Å². The van der Waals surface area contributed by atoms with Crippen LogP contribution in [0.3, 0.4) is 0 Å². The third-order valence-corrected chi connectivity index (χ3v) is 3.66. The molecule has 0 aromatic heterocycles. The summed E-state index contributed by atoms with van der Waals surface area (Å²) in [5.41, 5.74) is 1.08. The Morgan fingerprint density at radius 1 is 1.29 bits per heavy atom.